The molecule has 1 aromatic carbocycles. The molecule has 0 fully saturated rings. The number of para-hydroxylation sites is 1. The molecule has 0 bridgehead atoms. The van der Waals surface area contributed by atoms with Crippen LogP contribution in [0.3, 0.4) is 0 Å². The predicted molar refractivity (Wildman–Crippen MR) is 107 cm³/mol. The summed E-state index contributed by atoms with van der Waals surface area (Å²) < 4.78 is 5.91. The van der Waals surface area contributed by atoms with Gasteiger partial charge in [0.05, 0.1) is 17.0 Å². The van der Waals surface area contributed by atoms with Gasteiger partial charge in [0.2, 0.25) is 5.76 Å². The van der Waals surface area contributed by atoms with Crippen LogP contribution in [0.4, 0.5) is 0 Å². The molecule has 1 aliphatic heterocycles. The normalized spacial score (nSPS) is 16.2. The summed E-state index contributed by atoms with van der Waals surface area (Å²) in [4.78, 5) is 34.7. The van der Waals surface area contributed by atoms with Gasteiger partial charge in [-0.2, -0.15) is 0 Å². The van der Waals surface area contributed by atoms with E-state index in [1.807, 2.05) is 12.1 Å². The first-order valence-electron chi connectivity index (χ1n) is 9.64. The van der Waals surface area contributed by atoms with Gasteiger partial charge in [0.25, 0.3) is 5.91 Å². The van der Waals surface area contributed by atoms with Crippen LogP contribution in [-0.4, -0.2) is 46.9 Å². The Morgan fingerprint density at radius 3 is 2.61 bits per heavy atom. The number of carbonyl (C=O) groups is 1. The summed E-state index contributed by atoms with van der Waals surface area (Å²) in [5, 5.41) is 0.494. The number of rotatable bonds is 6. The summed E-state index contributed by atoms with van der Waals surface area (Å²) in [6.07, 6.45) is 3.40. The summed E-state index contributed by atoms with van der Waals surface area (Å²) in [7, 11) is 0. The lowest BCUT2D eigenvalue weighted by molar-refractivity contribution is 0.0708. The molecule has 0 radical (unpaired) electrons. The lowest BCUT2D eigenvalue weighted by Crippen LogP contribution is -2.37. The predicted octanol–water partition coefficient (Wildman–Crippen LogP) is 3.08. The molecule has 0 saturated carbocycles. The molecule has 6 nitrogen and oxygen atoms in total. The van der Waals surface area contributed by atoms with Crippen molar-refractivity contribution in [2.45, 2.75) is 19.9 Å². The van der Waals surface area contributed by atoms with E-state index in [-0.39, 0.29) is 17.1 Å². The molecule has 3 aromatic rings. The van der Waals surface area contributed by atoms with Crippen LogP contribution in [0.1, 0.15) is 41.6 Å². The zero-order chi connectivity index (χ0) is 19.7. The quantitative estimate of drug-likeness (QED) is 0.660. The average molecular weight is 377 g/mol. The van der Waals surface area contributed by atoms with Gasteiger partial charge >= 0.3 is 0 Å². The first kappa shape index (κ1) is 18.4. The Balaban J connectivity index is 1.85. The number of aromatic nitrogens is 1. The van der Waals surface area contributed by atoms with E-state index in [2.05, 4.69) is 23.7 Å². The molecule has 0 spiro atoms. The molecule has 0 saturated heterocycles. The van der Waals surface area contributed by atoms with Gasteiger partial charge in [-0.15, -0.1) is 0 Å². The van der Waals surface area contributed by atoms with Gasteiger partial charge < -0.3 is 14.2 Å². The van der Waals surface area contributed by atoms with Gasteiger partial charge in [0.1, 0.15) is 5.58 Å². The largest absolute Gasteiger partial charge is 0.450 e. The van der Waals surface area contributed by atoms with Gasteiger partial charge in [-0.25, -0.2) is 0 Å². The van der Waals surface area contributed by atoms with Crippen molar-refractivity contribution >= 4 is 16.9 Å². The van der Waals surface area contributed by atoms with E-state index in [9.17, 15) is 9.59 Å². The number of likely N-dealkylation sites (N-methyl/N-ethyl adjacent to an activating group) is 1. The molecule has 1 atom stereocenters. The third kappa shape index (κ3) is 2.99. The lowest BCUT2D eigenvalue weighted by atomic mass is 10.00. The Morgan fingerprint density at radius 1 is 1.11 bits per heavy atom. The van der Waals surface area contributed by atoms with Gasteiger partial charge in [-0.05, 0) is 36.9 Å². The first-order chi connectivity index (χ1) is 13.7. The minimum absolute atomic E-state index is 0.149. The van der Waals surface area contributed by atoms with Crippen LogP contribution in [0.15, 0.2) is 58.0 Å². The van der Waals surface area contributed by atoms with E-state index in [0.29, 0.717) is 23.1 Å². The van der Waals surface area contributed by atoms with Gasteiger partial charge in [0.15, 0.2) is 5.43 Å². The van der Waals surface area contributed by atoms with E-state index in [1.165, 1.54) is 0 Å². The van der Waals surface area contributed by atoms with Crippen LogP contribution in [0.5, 0.6) is 0 Å². The molecule has 1 unspecified atom stereocenters. The number of hydrogen-bond acceptors (Lipinski definition) is 5. The minimum atomic E-state index is -0.479. The van der Waals surface area contributed by atoms with Gasteiger partial charge in [-0.1, -0.05) is 32.0 Å². The second-order valence-electron chi connectivity index (χ2n) is 6.88. The zero-order valence-electron chi connectivity index (χ0n) is 16.1. The van der Waals surface area contributed by atoms with E-state index < -0.39 is 6.04 Å². The Morgan fingerprint density at radius 2 is 1.89 bits per heavy atom. The molecule has 28 heavy (non-hydrogen) atoms. The van der Waals surface area contributed by atoms with E-state index in [0.717, 1.165) is 25.2 Å². The molecule has 0 aliphatic carbocycles. The topological polar surface area (TPSA) is 66.7 Å². The fourth-order valence-electron chi connectivity index (χ4n) is 3.87. The monoisotopic (exact) mass is 377 g/mol. The first-order valence-corrected chi connectivity index (χ1v) is 9.64. The van der Waals surface area contributed by atoms with Crippen molar-refractivity contribution in [2.75, 3.05) is 26.2 Å². The van der Waals surface area contributed by atoms with Crippen LogP contribution in [0.25, 0.3) is 11.0 Å². The molecule has 4 rings (SSSR count). The van der Waals surface area contributed by atoms with Gasteiger partial charge in [0, 0.05) is 25.5 Å². The van der Waals surface area contributed by atoms with E-state index in [1.54, 1.807) is 41.6 Å². The Kier molecular flexibility index (Phi) is 4.96. The minimum Gasteiger partial charge on any atom is -0.450 e. The highest BCUT2D eigenvalue weighted by Gasteiger charge is 2.42. The summed E-state index contributed by atoms with van der Waals surface area (Å²) in [6.45, 7) is 7.26. The molecule has 2 aromatic heterocycles. The van der Waals surface area contributed by atoms with Crippen LogP contribution >= 0.6 is 0 Å². The Bertz CT molecular complexity index is 1060. The molecule has 144 valence electrons. The number of pyridine rings is 1. The highest BCUT2D eigenvalue weighted by atomic mass is 16.3. The average Bonchev–Trinajstić information content (AvgIpc) is 3.02. The van der Waals surface area contributed by atoms with E-state index >= 15 is 0 Å². The maximum Gasteiger partial charge on any atom is 0.290 e. The SMILES string of the molecule is CCN(CC)CCN1C(=O)c2oc3ccccc3c(=O)c2C1c1cccnc1. The van der Waals surface area contributed by atoms with Crippen LogP contribution in [0.2, 0.25) is 0 Å². The molecule has 6 heteroatoms. The highest BCUT2D eigenvalue weighted by molar-refractivity contribution is 5.99. The molecule has 3 heterocycles. The van der Waals surface area contributed by atoms with Gasteiger partial charge in [-0.3, -0.25) is 14.6 Å². The van der Waals surface area contributed by atoms with Crippen molar-refractivity contribution in [2.24, 2.45) is 0 Å². The number of nitrogens with zero attached hydrogens (tertiary/aromatic N) is 3. The molecular weight excluding hydrogens is 354 g/mol. The fraction of sp³-hybridized carbons (Fsp3) is 0.318. The van der Waals surface area contributed by atoms with Crippen molar-refractivity contribution in [3.8, 4) is 0 Å². The second kappa shape index (κ2) is 7.56. The number of benzene rings is 1. The van der Waals surface area contributed by atoms with Crippen molar-refractivity contribution in [3.63, 3.8) is 0 Å². The summed E-state index contributed by atoms with van der Waals surface area (Å²) in [5.41, 5.74) is 1.52. The lowest BCUT2D eigenvalue weighted by Gasteiger charge is -2.27. The number of fused-ring (bicyclic) bond motifs is 2. The standard InChI is InChI=1S/C22H23N3O3/c1-3-24(4-2)12-13-25-19(15-8-7-11-23-14-15)18-20(26)16-9-5-6-10-17(16)28-21(18)22(25)27/h5-11,14,19H,3-4,12-13H2,1-2H3. The zero-order valence-corrected chi connectivity index (χ0v) is 16.1. The summed E-state index contributed by atoms with van der Waals surface area (Å²) in [6, 6.07) is 10.3. The third-order valence-corrected chi connectivity index (χ3v) is 5.42. The number of carbonyl (C=O) groups excluding carboxylic acids is 1. The third-order valence-electron chi connectivity index (χ3n) is 5.42. The highest BCUT2D eigenvalue weighted by Crippen LogP contribution is 2.37. The maximum absolute atomic E-state index is 13.3. The number of amides is 1. The van der Waals surface area contributed by atoms with Crippen LogP contribution in [-0.2, 0) is 0 Å². The van der Waals surface area contributed by atoms with Crippen molar-refractivity contribution in [1.82, 2.24) is 14.8 Å². The molecular formula is C22H23N3O3. The van der Waals surface area contributed by atoms with Crippen molar-refractivity contribution < 1.29 is 9.21 Å². The van der Waals surface area contributed by atoms with Crippen LogP contribution < -0.4 is 5.43 Å². The summed E-state index contributed by atoms with van der Waals surface area (Å²) in [5.74, 6) is -0.0871. The number of hydrogen-bond donors (Lipinski definition) is 0. The molecule has 1 aliphatic rings. The fourth-order valence-corrected chi connectivity index (χ4v) is 3.87. The van der Waals surface area contributed by atoms with Crippen molar-refractivity contribution in [1.29, 1.82) is 0 Å². The Labute approximate surface area is 163 Å². The molecule has 0 N–H and O–H groups in total. The second-order valence-corrected chi connectivity index (χ2v) is 6.88. The Hall–Kier alpha value is -2.99. The molecule has 1 amide bonds. The maximum atomic E-state index is 13.3. The van der Waals surface area contributed by atoms with Crippen LogP contribution in [0, 0.1) is 0 Å². The van der Waals surface area contributed by atoms with Crippen molar-refractivity contribution in [3.05, 3.63) is 75.9 Å². The van der Waals surface area contributed by atoms with E-state index in [4.69, 9.17) is 4.42 Å². The smallest absolute Gasteiger partial charge is 0.290 e. The summed E-state index contributed by atoms with van der Waals surface area (Å²) >= 11 is 0.